The summed E-state index contributed by atoms with van der Waals surface area (Å²) in [5.74, 6) is 0. The Hall–Kier alpha value is -14.2. The van der Waals surface area contributed by atoms with E-state index < -0.39 is 0 Å². The van der Waals surface area contributed by atoms with Gasteiger partial charge in [-0.3, -0.25) is 0 Å². The van der Waals surface area contributed by atoms with Crippen LogP contribution in [0.1, 0.15) is 99.9 Å². The summed E-state index contributed by atoms with van der Waals surface area (Å²) in [6, 6.07) is 140. The summed E-state index contributed by atoms with van der Waals surface area (Å²) in [5.41, 5.74) is 31.5. The summed E-state index contributed by atoms with van der Waals surface area (Å²) >= 11 is 0. The number of hydrogen-bond acceptors (Lipinski definition) is 4. The van der Waals surface area contributed by atoms with E-state index in [4.69, 9.17) is 0 Å². The van der Waals surface area contributed by atoms with E-state index in [0.717, 1.165) is 17.1 Å². The molecular weight excluding hydrogens is 1430 g/mol. The van der Waals surface area contributed by atoms with Crippen molar-refractivity contribution < 1.29 is 0 Å². The molecule has 6 heteroatoms. The molecule has 0 amide bonds. The number of benzene rings is 18. The first kappa shape index (κ1) is 69.3. The highest BCUT2D eigenvalue weighted by Crippen LogP contribution is 2.60. The molecule has 0 aliphatic carbocycles. The molecule has 6 heterocycles. The molecular formula is C112H86N6. The van der Waals surface area contributed by atoms with Gasteiger partial charge in [-0.15, -0.1) is 0 Å². The Bertz CT molecular complexity index is 7500. The van der Waals surface area contributed by atoms with E-state index >= 15 is 0 Å². The second kappa shape index (κ2) is 25.6. The molecule has 4 aliphatic heterocycles. The number of para-hydroxylation sites is 8. The molecule has 24 rings (SSSR count). The Kier molecular flexibility index (Phi) is 15.1. The average molecular weight is 1520 g/mol. The van der Waals surface area contributed by atoms with Crippen molar-refractivity contribution in [2.45, 2.75) is 77.0 Å². The number of nitrogens with zero attached hydrogens (tertiary/aromatic N) is 6. The van der Waals surface area contributed by atoms with Crippen molar-refractivity contribution in [3.8, 4) is 11.4 Å². The first-order valence-electron chi connectivity index (χ1n) is 41.6. The highest BCUT2D eigenvalue weighted by molar-refractivity contribution is 6.23. The SMILES string of the molecule is CC1(C)c2ccccc2N(c2ccc3cc(N4c5ccccc5C(C)(C)c5cc6c7c8ccccc8ccc7n(-c7ccccc7)c6cc54)ccc3c2)c2ccccc21.CC1(C)c2ccccc2N(c2cccc3c(N4c5ccccc5C(C)(C)c5cc6c7cc8ccccc8cc7n(-c7ccccc7)c6cc54)cccc23)c2ccccc21. The Balaban J connectivity index is 0.000000138. The minimum atomic E-state index is -0.252. The first-order chi connectivity index (χ1) is 57.6. The fraction of sp³-hybridized carbons (Fsp3) is 0.107. The minimum absolute atomic E-state index is 0.0974. The fourth-order valence-electron chi connectivity index (χ4n) is 21.2. The summed E-state index contributed by atoms with van der Waals surface area (Å²) in [6.45, 7) is 19.0. The van der Waals surface area contributed by atoms with Crippen LogP contribution in [0.25, 0.3) is 98.1 Å². The third-order valence-electron chi connectivity index (χ3n) is 27.0. The van der Waals surface area contributed by atoms with Crippen molar-refractivity contribution in [1.29, 1.82) is 0 Å². The lowest BCUT2D eigenvalue weighted by molar-refractivity contribution is 0.632. The van der Waals surface area contributed by atoms with Gasteiger partial charge in [-0.1, -0.05) is 292 Å². The molecule has 4 aliphatic rings. The van der Waals surface area contributed by atoms with Gasteiger partial charge in [0.25, 0.3) is 0 Å². The van der Waals surface area contributed by atoms with E-state index in [1.807, 2.05) is 0 Å². The van der Waals surface area contributed by atoms with Crippen LogP contribution < -0.4 is 19.6 Å². The van der Waals surface area contributed by atoms with Gasteiger partial charge in [-0.25, -0.2) is 0 Å². The van der Waals surface area contributed by atoms with E-state index in [0.29, 0.717) is 0 Å². The molecule has 0 saturated carbocycles. The van der Waals surface area contributed by atoms with Crippen LogP contribution >= 0.6 is 0 Å². The van der Waals surface area contributed by atoms with Gasteiger partial charge in [0.1, 0.15) is 0 Å². The molecule has 6 nitrogen and oxygen atoms in total. The first-order valence-corrected chi connectivity index (χ1v) is 41.6. The predicted molar refractivity (Wildman–Crippen MR) is 499 cm³/mol. The fourth-order valence-corrected chi connectivity index (χ4v) is 21.2. The summed E-state index contributed by atoms with van der Waals surface area (Å²) in [6.07, 6.45) is 0. The lowest BCUT2D eigenvalue weighted by Crippen LogP contribution is -2.31. The molecule has 0 radical (unpaired) electrons. The zero-order valence-corrected chi connectivity index (χ0v) is 67.5. The Morgan fingerprint density at radius 1 is 0.161 bits per heavy atom. The van der Waals surface area contributed by atoms with Gasteiger partial charge < -0.3 is 28.7 Å². The van der Waals surface area contributed by atoms with Crippen LogP contribution in [0.2, 0.25) is 0 Å². The molecule has 0 bridgehead atoms. The van der Waals surface area contributed by atoms with Gasteiger partial charge in [0.15, 0.2) is 0 Å². The van der Waals surface area contributed by atoms with Crippen molar-refractivity contribution in [3.05, 3.63) is 421 Å². The van der Waals surface area contributed by atoms with Crippen molar-refractivity contribution >= 4 is 155 Å². The molecule has 0 N–H and O–H groups in total. The average Bonchev–Trinajstić information content (AvgIpc) is 1.40. The summed E-state index contributed by atoms with van der Waals surface area (Å²) in [4.78, 5) is 10.00. The molecule has 20 aromatic rings. The third-order valence-corrected chi connectivity index (χ3v) is 27.0. The molecule has 0 atom stereocenters. The lowest BCUT2D eigenvalue weighted by Gasteiger charge is -2.43. The predicted octanol–water partition coefficient (Wildman–Crippen LogP) is 30.6. The number of anilines is 12. The van der Waals surface area contributed by atoms with E-state index in [9.17, 15) is 0 Å². The monoisotopic (exact) mass is 1510 g/mol. The number of fused-ring (bicyclic) bond motifs is 19. The van der Waals surface area contributed by atoms with Crippen LogP contribution in [0.3, 0.4) is 0 Å². The summed E-state index contributed by atoms with van der Waals surface area (Å²) in [5, 5.41) is 15.0. The summed E-state index contributed by atoms with van der Waals surface area (Å²) in [7, 11) is 0. The molecule has 564 valence electrons. The molecule has 0 saturated heterocycles. The Morgan fingerprint density at radius 2 is 0.466 bits per heavy atom. The topological polar surface area (TPSA) is 22.8 Å². The van der Waals surface area contributed by atoms with Gasteiger partial charge in [0, 0.05) is 76.7 Å². The van der Waals surface area contributed by atoms with E-state index in [-0.39, 0.29) is 21.7 Å². The van der Waals surface area contributed by atoms with Gasteiger partial charge in [0.05, 0.1) is 78.9 Å². The van der Waals surface area contributed by atoms with Crippen molar-refractivity contribution in [3.63, 3.8) is 0 Å². The second-order valence-electron chi connectivity index (χ2n) is 34.8. The Labute approximate surface area is 688 Å². The molecule has 118 heavy (non-hydrogen) atoms. The third kappa shape index (κ3) is 10.1. The zero-order chi connectivity index (χ0) is 79.2. The number of rotatable bonds is 6. The lowest BCUT2D eigenvalue weighted by atomic mass is 9.73. The van der Waals surface area contributed by atoms with Crippen LogP contribution in [0.4, 0.5) is 68.2 Å². The maximum Gasteiger partial charge on any atom is 0.0562 e. The van der Waals surface area contributed by atoms with E-state index in [2.05, 4.69) is 460 Å². The van der Waals surface area contributed by atoms with Crippen LogP contribution in [0, 0.1) is 0 Å². The molecule has 2 aromatic heterocycles. The van der Waals surface area contributed by atoms with Crippen LogP contribution in [0.15, 0.2) is 376 Å². The number of hydrogen-bond donors (Lipinski definition) is 0. The van der Waals surface area contributed by atoms with Gasteiger partial charge >= 0.3 is 0 Å². The van der Waals surface area contributed by atoms with Gasteiger partial charge in [-0.2, -0.15) is 0 Å². The van der Waals surface area contributed by atoms with Crippen LogP contribution in [0.5, 0.6) is 0 Å². The Morgan fingerprint density at radius 3 is 0.941 bits per heavy atom. The van der Waals surface area contributed by atoms with Gasteiger partial charge in [0.2, 0.25) is 0 Å². The minimum Gasteiger partial charge on any atom is -0.310 e. The highest BCUT2D eigenvalue weighted by Gasteiger charge is 2.43. The van der Waals surface area contributed by atoms with E-state index in [1.54, 1.807) is 0 Å². The normalized spacial score (nSPS) is 15.0. The largest absolute Gasteiger partial charge is 0.310 e. The smallest absolute Gasteiger partial charge is 0.0562 e. The van der Waals surface area contributed by atoms with Crippen molar-refractivity contribution in [1.82, 2.24) is 9.13 Å². The van der Waals surface area contributed by atoms with Crippen molar-refractivity contribution in [2.75, 3.05) is 19.6 Å². The second-order valence-corrected chi connectivity index (χ2v) is 34.8. The maximum atomic E-state index is 2.55. The van der Waals surface area contributed by atoms with Gasteiger partial charge in [-0.05, 0) is 216 Å². The number of aromatic nitrogens is 2. The quantitative estimate of drug-likeness (QED) is 0.165. The van der Waals surface area contributed by atoms with Crippen LogP contribution in [-0.2, 0) is 21.7 Å². The highest BCUT2D eigenvalue weighted by atomic mass is 15.2. The summed E-state index contributed by atoms with van der Waals surface area (Å²) < 4.78 is 4.93. The van der Waals surface area contributed by atoms with Crippen LogP contribution in [-0.4, -0.2) is 9.13 Å². The maximum absolute atomic E-state index is 2.55. The molecule has 0 unspecified atom stereocenters. The molecule has 18 aromatic carbocycles. The molecule has 0 spiro atoms. The van der Waals surface area contributed by atoms with Crippen molar-refractivity contribution in [2.24, 2.45) is 0 Å². The van der Waals surface area contributed by atoms with E-state index in [1.165, 1.54) is 194 Å². The zero-order valence-electron chi connectivity index (χ0n) is 67.5. The standard InChI is InChI=1S/2C56H43N3/c1-55(2)43-24-10-13-27-49(43)58(50-28-14-11-25-44(50)55)47-30-16-23-40-39(47)22-17-31-48(40)59-51-29-15-12-26-45(51)56(3,4)46-34-42-41-32-36-18-8-9-19-37(36)33-52(41)57(53(42)35-54(46)59)38-20-6-5-7-21-38;1-55(2)44-20-10-13-23-48(44)58(49-24-14-11-21-45(49)55)40-29-26-38-33-41(30-27-37(38)32-40)59-50-25-15-12-22-46(50)56(3,4)47-34-43-52(35-53(47)59)57(39-17-6-5-7-18-39)51-31-28-36-16-8-9-19-42(36)54(43)51/h2*5-35H,1-4H3. The molecule has 0 fully saturated rings.